The smallest absolute Gasteiger partial charge is 0.408 e. The second kappa shape index (κ2) is 7.68. The number of nitrogens with one attached hydrogen (secondary N) is 1. The van der Waals surface area contributed by atoms with Crippen LogP contribution >= 0.6 is 0 Å². The number of ether oxygens (including phenoxy) is 1. The van der Waals surface area contributed by atoms with Crippen molar-refractivity contribution in [3.05, 3.63) is 101 Å². The first-order valence-electron chi connectivity index (χ1n) is 8.64. The van der Waals surface area contributed by atoms with Gasteiger partial charge in [0, 0.05) is 29.1 Å². The molecular weight excluding hydrogens is 381 g/mol. The van der Waals surface area contributed by atoms with Crippen LogP contribution in [0.4, 0.5) is 18.0 Å². The van der Waals surface area contributed by atoms with Crippen LogP contribution in [-0.4, -0.2) is 11.1 Å². The van der Waals surface area contributed by atoms with Crippen molar-refractivity contribution in [2.75, 3.05) is 0 Å². The van der Waals surface area contributed by atoms with Crippen molar-refractivity contribution in [2.24, 2.45) is 0 Å². The van der Waals surface area contributed by atoms with Crippen LogP contribution in [0.25, 0.3) is 0 Å². The number of amides is 1. The number of carbonyl (C=O) groups is 1. The second-order valence-corrected chi connectivity index (χ2v) is 6.38. The van der Waals surface area contributed by atoms with Crippen molar-refractivity contribution in [2.45, 2.75) is 12.1 Å². The summed E-state index contributed by atoms with van der Waals surface area (Å²) in [6, 6.07) is 9.69. The zero-order valence-electron chi connectivity index (χ0n) is 14.8. The first kappa shape index (κ1) is 18.6. The number of alkyl carbamates (subject to hydrolysis) is 1. The molecule has 1 aliphatic rings. The number of halogens is 3. The van der Waals surface area contributed by atoms with E-state index in [-0.39, 0.29) is 5.56 Å². The summed E-state index contributed by atoms with van der Waals surface area (Å²) in [6.07, 6.45) is 1.17. The topological polar surface area (TPSA) is 51.2 Å². The van der Waals surface area contributed by atoms with Gasteiger partial charge in [-0.05, 0) is 48.0 Å². The molecule has 1 aromatic heterocycles. The van der Waals surface area contributed by atoms with E-state index in [1.54, 1.807) is 18.2 Å². The maximum atomic E-state index is 14.2. The number of rotatable bonds is 2. The van der Waals surface area contributed by atoms with E-state index in [2.05, 4.69) is 22.1 Å². The summed E-state index contributed by atoms with van der Waals surface area (Å²) < 4.78 is 46.2. The number of pyridine rings is 1. The van der Waals surface area contributed by atoms with Crippen LogP contribution in [0.1, 0.15) is 34.4 Å². The highest BCUT2D eigenvalue weighted by Gasteiger charge is 2.38. The van der Waals surface area contributed by atoms with Crippen molar-refractivity contribution in [3.8, 4) is 11.8 Å². The van der Waals surface area contributed by atoms with E-state index in [0.717, 1.165) is 18.2 Å². The van der Waals surface area contributed by atoms with Crippen LogP contribution in [0.5, 0.6) is 0 Å². The lowest BCUT2D eigenvalue weighted by Crippen LogP contribution is -2.20. The monoisotopic (exact) mass is 394 g/mol. The average molecular weight is 394 g/mol. The molecule has 144 valence electrons. The highest BCUT2D eigenvalue weighted by atomic mass is 19.1. The third-order valence-corrected chi connectivity index (χ3v) is 4.37. The van der Waals surface area contributed by atoms with Gasteiger partial charge in [0.2, 0.25) is 0 Å². The highest BCUT2D eigenvalue weighted by Crippen LogP contribution is 2.37. The molecular formula is C22H13F3N2O2. The van der Waals surface area contributed by atoms with E-state index in [0.29, 0.717) is 16.7 Å². The lowest BCUT2D eigenvalue weighted by molar-refractivity contribution is 0.130. The third-order valence-electron chi connectivity index (χ3n) is 4.37. The summed E-state index contributed by atoms with van der Waals surface area (Å²) in [5.74, 6) is 3.98. The highest BCUT2D eigenvalue weighted by molar-refractivity contribution is 5.71. The van der Waals surface area contributed by atoms with Gasteiger partial charge in [-0.25, -0.2) is 18.0 Å². The average Bonchev–Trinajstić information content (AvgIpc) is 3.10. The third kappa shape index (κ3) is 4.06. The van der Waals surface area contributed by atoms with Gasteiger partial charge in [-0.1, -0.05) is 17.9 Å². The summed E-state index contributed by atoms with van der Waals surface area (Å²) >= 11 is 0. The molecule has 1 N–H and O–H groups in total. The Bertz CT molecular complexity index is 1150. The van der Waals surface area contributed by atoms with Crippen molar-refractivity contribution in [3.63, 3.8) is 0 Å². The van der Waals surface area contributed by atoms with Crippen LogP contribution in [-0.2, 0) is 4.74 Å². The Morgan fingerprint density at radius 2 is 1.72 bits per heavy atom. The Kier molecular flexibility index (Phi) is 4.92. The Morgan fingerprint density at radius 1 is 0.931 bits per heavy atom. The van der Waals surface area contributed by atoms with Crippen LogP contribution in [0.3, 0.4) is 0 Å². The number of hydrogen-bond acceptors (Lipinski definition) is 3. The molecule has 2 aromatic carbocycles. The first-order chi connectivity index (χ1) is 14.0. The Balaban J connectivity index is 1.66. The fourth-order valence-electron chi connectivity index (χ4n) is 3.06. The number of benzene rings is 2. The molecule has 7 heteroatoms. The van der Waals surface area contributed by atoms with Crippen molar-refractivity contribution in [1.82, 2.24) is 10.3 Å². The summed E-state index contributed by atoms with van der Waals surface area (Å²) in [6.45, 7) is 0. The number of nitrogens with zero attached hydrogens (tertiary/aromatic N) is 1. The van der Waals surface area contributed by atoms with Gasteiger partial charge in [0.05, 0.1) is 0 Å². The van der Waals surface area contributed by atoms with Crippen LogP contribution < -0.4 is 5.32 Å². The molecule has 0 spiro atoms. The van der Waals surface area contributed by atoms with Gasteiger partial charge in [0.1, 0.15) is 23.5 Å². The predicted octanol–water partition coefficient (Wildman–Crippen LogP) is 4.42. The lowest BCUT2D eigenvalue weighted by atomic mass is 9.96. The second-order valence-electron chi connectivity index (χ2n) is 6.38. The maximum absolute atomic E-state index is 14.2. The molecule has 29 heavy (non-hydrogen) atoms. The number of carbonyl (C=O) groups excluding carboxylic acids is 1. The molecule has 1 amide bonds. The Hall–Kier alpha value is -3.79. The van der Waals surface area contributed by atoms with E-state index < -0.39 is 35.7 Å². The molecule has 1 aliphatic heterocycles. The van der Waals surface area contributed by atoms with Gasteiger partial charge in [-0.3, -0.25) is 4.98 Å². The Morgan fingerprint density at radius 3 is 2.55 bits per heavy atom. The van der Waals surface area contributed by atoms with Gasteiger partial charge in [0.25, 0.3) is 0 Å². The van der Waals surface area contributed by atoms with Gasteiger partial charge >= 0.3 is 6.09 Å². The quantitative estimate of drug-likeness (QED) is 0.655. The lowest BCUT2D eigenvalue weighted by Gasteiger charge is -2.18. The number of aromatic nitrogens is 1. The molecule has 1 saturated heterocycles. The molecule has 2 heterocycles. The number of hydrogen-bond donors (Lipinski definition) is 1. The molecule has 1 fully saturated rings. The van der Waals surface area contributed by atoms with Crippen molar-refractivity contribution < 1.29 is 22.7 Å². The van der Waals surface area contributed by atoms with E-state index in [4.69, 9.17) is 4.74 Å². The first-order valence-corrected chi connectivity index (χ1v) is 8.64. The normalized spacial score (nSPS) is 17.8. The molecule has 4 nitrogen and oxygen atoms in total. The Labute approximate surface area is 164 Å². The summed E-state index contributed by atoms with van der Waals surface area (Å²) in [7, 11) is 0. The van der Waals surface area contributed by atoms with E-state index in [1.807, 2.05) is 0 Å². The maximum Gasteiger partial charge on any atom is 0.408 e. The predicted molar refractivity (Wildman–Crippen MR) is 98.1 cm³/mol. The van der Waals surface area contributed by atoms with Crippen LogP contribution in [0.15, 0.2) is 60.9 Å². The molecule has 4 rings (SSSR count). The van der Waals surface area contributed by atoms with Crippen molar-refractivity contribution >= 4 is 6.09 Å². The molecule has 0 aliphatic carbocycles. The minimum atomic E-state index is -1.06. The molecule has 0 unspecified atom stereocenters. The van der Waals surface area contributed by atoms with E-state index in [9.17, 15) is 18.0 Å². The standard InChI is InChI=1S/C22H13F3N2O2/c23-16-3-1-2-13(9-16)4-5-14-8-15(12-26-11-14)20-21(29-22(28)27-20)18-10-17(24)6-7-19(18)25/h1-3,6-12,20-21H,(H,27,28)/t20-,21-/m1/s1. The molecule has 0 bridgehead atoms. The van der Waals surface area contributed by atoms with Gasteiger partial charge in [-0.15, -0.1) is 0 Å². The minimum absolute atomic E-state index is 0.0791. The zero-order valence-corrected chi connectivity index (χ0v) is 14.8. The van der Waals surface area contributed by atoms with Gasteiger partial charge in [-0.2, -0.15) is 0 Å². The number of cyclic esters (lactones) is 1. The van der Waals surface area contributed by atoms with Crippen LogP contribution in [0.2, 0.25) is 0 Å². The SMILES string of the molecule is O=C1N[C@H](c2cncc(C#Cc3cccc(F)c3)c2)[C@@H](c2cc(F)ccc2F)O1. The van der Waals surface area contributed by atoms with E-state index in [1.165, 1.54) is 24.5 Å². The summed E-state index contributed by atoms with van der Waals surface area (Å²) in [5, 5.41) is 2.59. The van der Waals surface area contributed by atoms with Crippen LogP contribution in [0, 0.1) is 29.3 Å². The largest absolute Gasteiger partial charge is 0.439 e. The molecule has 2 atom stereocenters. The fraction of sp³-hybridized carbons (Fsp3) is 0.0909. The zero-order chi connectivity index (χ0) is 20.4. The summed E-state index contributed by atoms with van der Waals surface area (Å²) in [4.78, 5) is 15.9. The minimum Gasteiger partial charge on any atom is -0.439 e. The molecule has 0 radical (unpaired) electrons. The van der Waals surface area contributed by atoms with Crippen molar-refractivity contribution in [1.29, 1.82) is 0 Å². The molecule has 3 aromatic rings. The van der Waals surface area contributed by atoms with Gasteiger partial charge in [0.15, 0.2) is 6.10 Å². The molecule has 0 saturated carbocycles. The summed E-state index contributed by atoms with van der Waals surface area (Å²) in [5.41, 5.74) is 1.43. The fourth-order valence-corrected chi connectivity index (χ4v) is 3.06. The van der Waals surface area contributed by atoms with E-state index >= 15 is 0 Å². The van der Waals surface area contributed by atoms with Gasteiger partial charge < -0.3 is 10.1 Å².